The molecule has 7 nitrogen and oxygen atoms in total. The van der Waals surface area contributed by atoms with Crippen molar-refractivity contribution in [2.75, 3.05) is 32.7 Å². The average Bonchev–Trinajstić information content (AvgIpc) is 2.74. The molecule has 1 amide bonds. The van der Waals surface area contributed by atoms with Crippen LogP contribution in [0.5, 0.6) is 0 Å². The maximum atomic E-state index is 13.0. The molecule has 32 heavy (non-hydrogen) atoms. The Morgan fingerprint density at radius 1 is 1.12 bits per heavy atom. The van der Waals surface area contributed by atoms with Gasteiger partial charge in [0.05, 0.1) is 42.9 Å². The second-order valence-corrected chi connectivity index (χ2v) is 9.46. The second kappa shape index (κ2) is 9.80. The number of benzene rings is 2. The summed E-state index contributed by atoms with van der Waals surface area (Å²) in [6.07, 6.45) is -3.56. The van der Waals surface area contributed by atoms with Crippen molar-refractivity contribution in [2.45, 2.75) is 18.0 Å². The first-order valence-electron chi connectivity index (χ1n) is 9.96. The number of carbonyl (C=O) groups excluding carboxylic acids is 1. The number of hydrazone groups is 1. The molecule has 1 fully saturated rings. The van der Waals surface area contributed by atoms with Crippen LogP contribution in [0.2, 0.25) is 0 Å². The Hall–Kier alpha value is -2.76. The topological polar surface area (TPSA) is 83.3 Å². The number of quaternary nitrogens is 1. The minimum Gasteiger partial charge on any atom is -0.325 e. The number of piperazine rings is 1. The smallest absolute Gasteiger partial charge is 0.325 e. The minimum atomic E-state index is -4.52. The molecule has 0 atom stereocenters. The van der Waals surface area contributed by atoms with Crippen molar-refractivity contribution in [2.24, 2.45) is 5.10 Å². The van der Waals surface area contributed by atoms with E-state index < -0.39 is 27.7 Å². The zero-order valence-corrected chi connectivity index (χ0v) is 18.2. The Bertz CT molecular complexity index is 1080. The van der Waals surface area contributed by atoms with E-state index in [0.717, 1.165) is 22.7 Å². The highest BCUT2D eigenvalue weighted by atomic mass is 32.2. The highest BCUT2D eigenvalue weighted by Crippen LogP contribution is 2.31. The summed E-state index contributed by atoms with van der Waals surface area (Å²) < 4.78 is 65.8. The Morgan fingerprint density at radius 3 is 2.38 bits per heavy atom. The number of carbonyl (C=O) groups is 1. The van der Waals surface area contributed by atoms with Crippen LogP contribution in [-0.4, -0.2) is 57.6 Å². The SMILES string of the molecule is Cc1ccc(S(=O)(=O)N2CC[NH+](CC(=O)N/N=C\c3ccccc3C(F)(F)F)CC2)cc1. The number of rotatable bonds is 6. The standard InChI is InChI=1S/C21H23F3N4O3S/c1-16-6-8-18(9-7-16)32(30,31)28-12-10-27(11-13-28)15-20(29)26-25-14-17-4-2-3-5-19(17)21(22,23)24/h2-9,14H,10-13,15H2,1H3,(H,26,29)/p+1/b25-14-. The fourth-order valence-electron chi connectivity index (χ4n) is 3.39. The maximum Gasteiger partial charge on any atom is 0.417 e. The molecule has 0 spiro atoms. The van der Waals surface area contributed by atoms with Crippen molar-refractivity contribution >= 4 is 22.1 Å². The van der Waals surface area contributed by atoms with Crippen molar-refractivity contribution in [3.8, 4) is 0 Å². The van der Waals surface area contributed by atoms with Crippen LogP contribution in [0.1, 0.15) is 16.7 Å². The fourth-order valence-corrected chi connectivity index (χ4v) is 4.83. The van der Waals surface area contributed by atoms with Gasteiger partial charge in [-0.15, -0.1) is 0 Å². The van der Waals surface area contributed by atoms with Crippen LogP contribution in [0.4, 0.5) is 13.2 Å². The number of nitrogens with one attached hydrogen (secondary N) is 2. The van der Waals surface area contributed by atoms with E-state index in [4.69, 9.17) is 0 Å². The molecule has 1 saturated heterocycles. The molecule has 0 bridgehead atoms. The molecule has 0 radical (unpaired) electrons. The summed E-state index contributed by atoms with van der Waals surface area (Å²) in [6, 6.07) is 11.6. The van der Waals surface area contributed by atoms with Gasteiger partial charge in [-0.3, -0.25) is 4.79 Å². The lowest BCUT2D eigenvalue weighted by Gasteiger charge is -2.31. The average molecular weight is 470 g/mol. The number of nitrogens with zero attached hydrogens (tertiary/aromatic N) is 2. The summed E-state index contributed by atoms with van der Waals surface area (Å²) in [6.45, 7) is 3.31. The first-order valence-corrected chi connectivity index (χ1v) is 11.4. The van der Waals surface area contributed by atoms with Crippen LogP contribution < -0.4 is 10.3 Å². The molecule has 2 N–H and O–H groups in total. The third kappa shape index (κ3) is 5.93. The molecule has 2 aromatic carbocycles. The molecule has 1 aliphatic heterocycles. The van der Waals surface area contributed by atoms with Crippen molar-refractivity contribution in [1.29, 1.82) is 0 Å². The van der Waals surface area contributed by atoms with Gasteiger partial charge in [0.15, 0.2) is 6.54 Å². The van der Waals surface area contributed by atoms with Crippen molar-refractivity contribution in [3.63, 3.8) is 0 Å². The van der Waals surface area contributed by atoms with Gasteiger partial charge in [-0.25, -0.2) is 13.8 Å². The first-order chi connectivity index (χ1) is 15.1. The fraction of sp³-hybridized carbons (Fsp3) is 0.333. The van der Waals surface area contributed by atoms with Crippen LogP contribution in [0.15, 0.2) is 58.5 Å². The lowest BCUT2D eigenvalue weighted by Crippen LogP contribution is -3.15. The van der Waals surface area contributed by atoms with E-state index in [0.29, 0.717) is 13.1 Å². The predicted molar refractivity (Wildman–Crippen MR) is 113 cm³/mol. The molecule has 3 rings (SSSR count). The van der Waals surface area contributed by atoms with E-state index in [1.807, 2.05) is 6.92 Å². The number of amides is 1. The first kappa shape index (κ1) is 23.9. The van der Waals surface area contributed by atoms with Crippen LogP contribution in [-0.2, 0) is 21.0 Å². The Labute approximate surface area is 184 Å². The normalized spacial score (nSPS) is 16.4. The zero-order valence-electron chi connectivity index (χ0n) is 17.4. The zero-order chi connectivity index (χ0) is 23.4. The van der Waals surface area contributed by atoms with E-state index >= 15 is 0 Å². The highest BCUT2D eigenvalue weighted by molar-refractivity contribution is 7.89. The van der Waals surface area contributed by atoms with E-state index in [-0.39, 0.29) is 30.1 Å². The van der Waals surface area contributed by atoms with Crippen molar-refractivity contribution in [3.05, 3.63) is 65.2 Å². The van der Waals surface area contributed by atoms with Crippen molar-refractivity contribution in [1.82, 2.24) is 9.73 Å². The maximum absolute atomic E-state index is 13.0. The lowest BCUT2D eigenvalue weighted by atomic mass is 10.1. The van der Waals surface area contributed by atoms with Gasteiger partial charge in [0.1, 0.15) is 0 Å². The molecular weight excluding hydrogens is 445 g/mol. The summed E-state index contributed by atoms with van der Waals surface area (Å²) in [5.74, 6) is -0.462. The molecule has 172 valence electrons. The van der Waals surface area contributed by atoms with Crippen LogP contribution in [0.25, 0.3) is 0 Å². The monoisotopic (exact) mass is 469 g/mol. The number of hydrogen-bond acceptors (Lipinski definition) is 4. The Balaban J connectivity index is 1.51. The Morgan fingerprint density at radius 2 is 1.75 bits per heavy atom. The quantitative estimate of drug-likeness (QED) is 0.490. The highest BCUT2D eigenvalue weighted by Gasteiger charge is 2.33. The van der Waals surface area contributed by atoms with Gasteiger partial charge in [0.2, 0.25) is 10.0 Å². The number of alkyl halides is 3. The molecular formula is C21H24F3N4O3S+. The molecule has 0 saturated carbocycles. The van der Waals surface area contributed by atoms with Crippen LogP contribution in [0.3, 0.4) is 0 Å². The lowest BCUT2D eigenvalue weighted by molar-refractivity contribution is -0.895. The molecule has 2 aromatic rings. The third-order valence-corrected chi connectivity index (χ3v) is 7.07. The van der Waals surface area contributed by atoms with E-state index in [1.165, 1.54) is 22.5 Å². The van der Waals surface area contributed by atoms with E-state index in [2.05, 4.69) is 10.5 Å². The summed E-state index contributed by atoms with van der Waals surface area (Å²) >= 11 is 0. The predicted octanol–water partition coefficient (Wildman–Crippen LogP) is 1.05. The second-order valence-electron chi connectivity index (χ2n) is 7.52. The largest absolute Gasteiger partial charge is 0.417 e. The van der Waals surface area contributed by atoms with Gasteiger partial charge in [-0.1, -0.05) is 35.9 Å². The summed E-state index contributed by atoms with van der Waals surface area (Å²) in [5.41, 5.74) is 2.22. The molecule has 0 unspecified atom stereocenters. The molecule has 0 aliphatic carbocycles. The van der Waals surface area contributed by atoms with Crippen molar-refractivity contribution < 1.29 is 31.3 Å². The van der Waals surface area contributed by atoms with Gasteiger partial charge in [0, 0.05) is 5.56 Å². The number of halogens is 3. The molecule has 0 aromatic heterocycles. The molecule has 1 aliphatic rings. The summed E-state index contributed by atoms with van der Waals surface area (Å²) in [4.78, 5) is 13.2. The number of aryl methyl sites for hydroxylation is 1. The van der Waals surface area contributed by atoms with Gasteiger partial charge in [-0.05, 0) is 25.1 Å². The summed E-state index contributed by atoms with van der Waals surface area (Å²) in [7, 11) is -3.59. The number of hydrogen-bond donors (Lipinski definition) is 2. The minimum absolute atomic E-state index is 0.0384. The summed E-state index contributed by atoms with van der Waals surface area (Å²) in [5, 5.41) is 3.64. The molecule has 11 heteroatoms. The van der Waals surface area contributed by atoms with E-state index in [9.17, 15) is 26.4 Å². The van der Waals surface area contributed by atoms with E-state index in [1.54, 1.807) is 24.3 Å². The van der Waals surface area contributed by atoms with Gasteiger partial charge >= 0.3 is 6.18 Å². The van der Waals surface area contributed by atoms with Gasteiger partial charge in [0.25, 0.3) is 5.91 Å². The Kier molecular flexibility index (Phi) is 7.32. The van der Waals surface area contributed by atoms with Crippen LogP contribution >= 0.6 is 0 Å². The van der Waals surface area contributed by atoms with Gasteiger partial charge in [-0.2, -0.15) is 22.6 Å². The molecule has 1 heterocycles. The number of sulfonamides is 1. The van der Waals surface area contributed by atoms with Crippen LogP contribution in [0, 0.1) is 6.92 Å². The third-order valence-electron chi connectivity index (χ3n) is 5.16. The van der Waals surface area contributed by atoms with Gasteiger partial charge < -0.3 is 4.90 Å².